The lowest BCUT2D eigenvalue weighted by Crippen LogP contribution is -2.46. The van der Waals surface area contributed by atoms with Gasteiger partial charge in [-0.25, -0.2) is 0 Å². The van der Waals surface area contributed by atoms with E-state index >= 15 is 0 Å². The molecule has 3 nitrogen and oxygen atoms in total. The third-order valence-electron chi connectivity index (χ3n) is 11.1. The summed E-state index contributed by atoms with van der Waals surface area (Å²) >= 11 is 0. The third kappa shape index (κ3) is 8.10. The Bertz CT molecular complexity index is 1280. The average molecular weight is 591 g/mol. The zero-order chi connectivity index (χ0) is 30.2. The van der Waals surface area contributed by atoms with Gasteiger partial charge in [0.1, 0.15) is 0 Å². The third-order valence-corrected chi connectivity index (χ3v) is 11.1. The van der Waals surface area contributed by atoms with Gasteiger partial charge in [0.15, 0.2) is 0 Å². The van der Waals surface area contributed by atoms with E-state index in [1.165, 1.54) is 54.4 Å². The van der Waals surface area contributed by atoms with Crippen molar-refractivity contribution in [3.05, 3.63) is 120 Å². The number of benzene rings is 3. The fraction of sp³-hybridized carbons (Fsp3) is 0.512. The maximum atomic E-state index is 11.5. The van der Waals surface area contributed by atoms with E-state index in [0.29, 0.717) is 17.9 Å². The Morgan fingerprint density at radius 2 is 1.41 bits per heavy atom. The summed E-state index contributed by atoms with van der Waals surface area (Å²) in [4.78, 5) is 5.53. The van der Waals surface area contributed by atoms with Crippen molar-refractivity contribution in [2.75, 3.05) is 32.7 Å². The minimum Gasteiger partial charge on any atom is -0.390 e. The Morgan fingerprint density at radius 1 is 0.795 bits per heavy atom. The Balaban J connectivity index is 1.12. The van der Waals surface area contributed by atoms with E-state index in [2.05, 4.69) is 101 Å². The van der Waals surface area contributed by atoms with Gasteiger partial charge in [0.25, 0.3) is 0 Å². The van der Waals surface area contributed by atoms with Crippen LogP contribution in [0.15, 0.2) is 103 Å². The standard InChI is InChI=1S/C41H54N2O/c1-33(29-35-17-8-3-9-18-35)40(37-22-12-5-13-23-37)43-31-38(39(32-43)36-20-10-4-11-21-36)30-42-27-25-41(44,26-28-42)24-14-19-34-15-6-2-7-16-34/h2-4,6-11,15-18,20-21,37-40,44H,1,5,12-14,19,22-32H2/t38-,39+,40-/m0/s1. The van der Waals surface area contributed by atoms with Crippen LogP contribution in [-0.2, 0) is 12.8 Å². The van der Waals surface area contributed by atoms with Gasteiger partial charge in [-0.1, -0.05) is 122 Å². The van der Waals surface area contributed by atoms with Crippen LogP contribution in [0, 0.1) is 11.8 Å². The molecule has 0 radical (unpaired) electrons. The second-order valence-corrected chi connectivity index (χ2v) is 14.3. The zero-order valence-corrected chi connectivity index (χ0v) is 26.8. The summed E-state index contributed by atoms with van der Waals surface area (Å²) in [5, 5.41) is 11.5. The molecule has 3 aromatic carbocycles. The molecule has 3 aliphatic rings. The number of hydrogen-bond acceptors (Lipinski definition) is 3. The Hall–Kier alpha value is -2.72. The predicted molar refractivity (Wildman–Crippen MR) is 184 cm³/mol. The second kappa shape index (κ2) is 15.0. The van der Waals surface area contributed by atoms with Crippen LogP contribution in [0.25, 0.3) is 0 Å². The Morgan fingerprint density at radius 3 is 2.07 bits per heavy atom. The molecule has 6 rings (SSSR count). The molecule has 0 bridgehead atoms. The van der Waals surface area contributed by atoms with Gasteiger partial charge in [-0.05, 0) is 79.9 Å². The molecule has 1 N–H and O–H groups in total. The molecule has 3 aromatic rings. The van der Waals surface area contributed by atoms with Crippen molar-refractivity contribution in [2.45, 2.75) is 88.2 Å². The van der Waals surface area contributed by atoms with Crippen molar-refractivity contribution >= 4 is 0 Å². The summed E-state index contributed by atoms with van der Waals surface area (Å²) in [5.41, 5.74) is 5.16. The van der Waals surface area contributed by atoms with E-state index in [1.807, 2.05) is 0 Å². The smallest absolute Gasteiger partial charge is 0.0672 e. The maximum absolute atomic E-state index is 11.5. The highest BCUT2D eigenvalue weighted by atomic mass is 16.3. The van der Waals surface area contributed by atoms with Crippen LogP contribution < -0.4 is 0 Å². The van der Waals surface area contributed by atoms with Crippen molar-refractivity contribution < 1.29 is 5.11 Å². The lowest BCUT2D eigenvalue weighted by atomic mass is 9.79. The molecular weight excluding hydrogens is 536 g/mol. The normalized spacial score (nSPS) is 23.8. The SMILES string of the molecule is C=C(Cc1ccccc1)[C@@H](C1CCCCC1)N1C[C@H](CN2CCC(O)(CCCc3ccccc3)CC2)[C@@H](c2ccccc2)C1. The molecule has 3 atom stereocenters. The molecule has 0 aromatic heterocycles. The number of nitrogens with zero attached hydrogens (tertiary/aromatic N) is 2. The Labute approximate surface area is 267 Å². The van der Waals surface area contributed by atoms with Crippen LogP contribution in [0.2, 0.25) is 0 Å². The molecule has 0 unspecified atom stereocenters. The fourth-order valence-electron chi connectivity index (χ4n) is 8.70. The van der Waals surface area contributed by atoms with E-state index in [4.69, 9.17) is 6.58 Å². The monoisotopic (exact) mass is 590 g/mol. The topological polar surface area (TPSA) is 26.7 Å². The molecule has 2 aliphatic heterocycles. The summed E-state index contributed by atoms with van der Waals surface area (Å²) in [7, 11) is 0. The number of piperidine rings is 1. The average Bonchev–Trinajstić information content (AvgIpc) is 3.47. The highest BCUT2D eigenvalue weighted by Gasteiger charge is 2.42. The summed E-state index contributed by atoms with van der Waals surface area (Å²) in [6.45, 7) is 10.2. The molecule has 234 valence electrons. The number of likely N-dealkylation sites (tertiary alicyclic amines) is 2. The predicted octanol–water partition coefficient (Wildman–Crippen LogP) is 8.30. The van der Waals surface area contributed by atoms with E-state index < -0.39 is 5.60 Å². The molecule has 0 amide bonds. The molecule has 2 heterocycles. The minimum absolute atomic E-state index is 0.461. The van der Waals surface area contributed by atoms with Crippen molar-refractivity contribution in [3.8, 4) is 0 Å². The number of hydrogen-bond donors (Lipinski definition) is 1. The van der Waals surface area contributed by atoms with Gasteiger partial charge in [-0.2, -0.15) is 0 Å². The highest BCUT2D eigenvalue weighted by molar-refractivity contribution is 5.27. The maximum Gasteiger partial charge on any atom is 0.0672 e. The first-order chi connectivity index (χ1) is 21.6. The fourth-order valence-corrected chi connectivity index (χ4v) is 8.70. The quantitative estimate of drug-likeness (QED) is 0.215. The van der Waals surface area contributed by atoms with Crippen molar-refractivity contribution in [1.29, 1.82) is 0 Å². The first kappa shape index (κ1) is 31.3. The Kier molecular flexibility index (Phi) is 10.7. The minimum atomic E-state index is -0.507. The van der Waals surface area contributed by atoms with Gasteiger partial charge in [0, 0.05) is 44.7 Å². The van der Waals surface area contributed by atoms with Crippen LogP contribution in [0.3, 0.4) is 0 Å². The van der Waals surface area contributed by atoms with Gasteiger partial charge < -0.3 is 10.0 Å². The van der Waals surface area contributed by atoms with Crippen LogP contribution in [0.4, 0.5) is 0 Å². The van der Waals surface area contributed by atoms with Gasteiger partial charge >= 0.3 is 0 Å². The van der Waals surface area contributed by atoms with Crippen molar-refractivity contribution in [2.24, 2.45) is 11.8 Å². The number of aliphatic hydroxyl groups is 1. The molecule has 1 aliphatic carbocycles. The van der Waals surface area contributed by atoms with Crippen LogP contribution in [0.5, 0.6) is 0 Å². The van der Waals surface area contributed by atoms with Crippen LogP contribution >= 0.6 is 0 Å². The molecule has 0 spiro atoms. The van der Waals surface area contributed by atoms with Crippen molar-refractivity contribution in [1.82, 2.24) is 9.80 Å². The molecular formula is C41H54N2O. The van der Waals surface area contributed by atoms with Gasteiger partial charge in [0.05, 0.1) is 5.60 Å². The van der Waals surface area contributed by atoms with Gasteiger partial charge in [-0.3, -0.25) is 4.90 Å². The summed E-state index contributed by atoms with van der Waals surface area (Å²) < 4.78 is 0. The largest absolute Gasteiger partial charge is 0.390 e. The van der Waals surface area contributed by atoms with E-state index in [9.17, 15) is 5.11 Å². The number of rotatable bonds is 12. The van der Waals surface area contributed by atoms with E-state index in [0.717, 1.165) is 77.2 Å². The van der Waals surface area contributed by atoms with Crippen molar-refractivity contribution in [3.63, 3.8) is 0 Å². The zero-order valence-electron chi connectivity index (χ0n) is 26.8. The molecule has 44 heavy (non-hydrogen) atoms. The van der Waals surface area contributed by atoms with Gasteiger partial charge in [0.2, 0.25) is 0 Å². The summed E-state index contributed by atoms with van der Waals surface area (Å²) in [6.07, 6.45) is 12.6. The van der Waals surface area contributed by atoms with Crippen LogP contribution in [-0.4, -0.2) is 59.3 Å². The molecule has 1 saturated carbocycles. The lowest BCUT2D eigenvalue weighted by Gasteiger charge is -2.40. The molecule has 3 heteroatoms. The summed E-state index contributed by atoms with van der Waals surface area (Å²) in [6, 6.07) is 33.5. The summed E-state index contributed by atoms with van der Waals surface area (Å²) in [5.74, 6) is 1.85. The molecule has 2 saturated heterocycles. The first-order valence-corrected chi connectivity index (χ1v) is 17.6. The van der Waals surface area contributed by atoms with Gasteiger partial charge in [-0.15, -0.1) is 0 Å². The lowest BCUT2D eigenvalue weighted by molar-refractivity contribution is -0.0317. The van der Waals surface area contributed by atoms with E-state index in [1.54, 1.807) is 0 Å². The second-order valence-electron chi connectivity index (χ2n) is 14.3. The first-order valence-electron chi connectivity index (χ1n) is 17.6. The molecule has 3 fully saturated rings. The van der Waals surface area contributed by atoms with E-state index in [-0.39, 0.29) is 0 Å². The highest BCUT2D eigenvalue weighted by Crippen LogP contribution is 2.41. The van der Waals surface area contributed by atoms with Crippen LogP contribution in [0.1, 0.15) is 80.4 Å². The number of aryl methyl sites for hydroxylation is 1.